The van der Waals surface area contributed by atoms with Gasteiger partial charge in [0.05, 0.1) is 11.5 Å². The molecule has 0 spiro atoms. The number of furan rings is 1. The minimum absolute atomic E-state index is 0.0914. The lowest BCUT2D eigenvalue weighted by Gasteiger charge is -2.08. The van der Waals surface area contributed by atoms with E-state index in [4.69, 9.17) is 9.15 Å². The van der Waals surface area contributed by atoms with Crippen LogP contribution in [-0.4, -0.2) is 23.4 Å². The van der Waals surface area contributed by atoms with Crippen molar-refractivity contribution < 1.29 is 23.7 Å². The van der Waals surface area contributed by atoms with Crippen LogP contribution in [0.3, 0.4) is 0 Å². The van der Waals surface area contributed by atoms with E-state index in [1.807, 2.05) is 36.4 Å². The van der Waals surface area contributed by atoms with E-state index in [0.29, 0.717) is 16.9 Å². The summed E-state index contributed by atoms with van der Waals surface area (Å²) in [6, 6.07) is 20.1. The van der Waals surface area contributed by atoms with Crippen molar-refractivity contribution in [2.75, 3.05) is 11.9 Å². The highest BCUT2D eigenvalue weighted by molar-refractivity contribution is 7.15. The fourth-order valence-corrected chi connectivity index (χ4v) is 4.46. The Bertz CT molecular complexity index is 1550. The first-order chi connectivity index (χ1) is 17.9. The number of anilines is 1. The van der Waals surface area contributed by atoms with Crippen molar-refractivity contribution in [3.05, 3.63) is 99.1 Å². The van der Waals surface area contributed by atoms with Gasteiger partial charge in [-0.2, -0.15) is 5.26 Å². The molecule has 0 radical (unpaired) electrons. The maximum absolute atomic E-state index is 13.0. The Morgan fingerprint density at radius 2 is 1.89 bits per heavy atom. The number of nitrogens with zero attached hydrogens (tertiary/aromatic N) is 2. The second-order valence-corrected chi connectivity index (χ2v) is 8.45. The maximum atomic E-state index is 13.0. The maximum Gasteiger partial charge on any atom is 0.341 e. The molecule has 0 bridgehead atoms. The van der Waals surface area contributed by atoms with Gasteiger partial charge in [-0.3, -0.25) is 14.9 Å². The molecule has 4 aromatic rings. The van der Waals surface area contributed by atoms with Crippen molar-refractivity contribution in [2.24, 2.45) is 0 Å². The number of nitrogens with one attached hydrogen (secondary N) is 1. The lowest BCUT2D eigenvalue weighted by molar-refractivity contribution is -0.384. The molecular weight excluding hydrogens is 494 g/mol. The average Bonchev–Trinajstić information content (AvgIpc) is 3.55. The Labute approximate surface area is 215 Å². The van der Waals surface area contributed by atoms with Crippen LogP contribution < -0.4 is 5.32 Å². The molecule has 0 saturated carbocycles. The molecule has 0 aliphatic heterocycles. The summed E-state index contributed by atoms with van der Waals surface area (Å²) >= 11 is 1.14. The number of amides is 1. The fraction of sp³-hybridized carbons (Fsp3) is 0.0741. The topological polar surface area (TPSA) is 135 Å². The SMILES string of the molecule is CCOC(=O)c1c(-c2ccccc2)csc1NC(=O)/C(C#N)=C/c1ccc(-c2cccc([N+](=O)[O-])c2)o1. The van der Waals surface area contributed by atoms with E-state index in [1.165, 1.54) is 24.3 Å². The van der Waals surface area contributed by atoms with E-state index < -0.39 is 16.8 Å². The van der Waals surface area contributed by atoms with Crippen LogP contribution in [0.25, 0.3) is 28.5 Å². The first-order valence-electron chi connectivity index (χ1n) is 11.0. The van der Waals surface area contributed by atoms with Gasteiger partial charge in [-0.05, 0) is 24.6 Å². The van der Waals surface area contributed by atoms with Crippen LogP contribution in [0.1, 0.15) is 23.0 Å². The number of carbonyl (C=O) groups is 2. The number of hydrogen-bond donors (Lipinski definition) is 1. The van der Waals surface area contributed by atoms with Crippen LogP contribution in [0.2, 0.25) is 0 Å². The van der Waals surface area contributed by atoms with Crippen molar-refractivity contribution >= 4 is 40.0 Å². The molecule has 2 aromatic heterocycles. The summed E-state index contributed by atoms with van der Waals surface area (Å²) in [6.07, 6.45) is 1.26. The van der Waals surface area contributed by atoms with Crippen molar-refractivity contribution in [2.45, 2.75) is 6.92 Å². The van der Waals surface area contributed by atoms with Crippen molar-refractivity contribution in [1.29, 1.82) is 5.26 Å². The standard InChI is InChI=1S/C27H19N3O6S/c1-2-35-27(32)24-22(17-7-4-3-5-8-17)16-37-26(24)29-25(31)19(15-28)14-21-11-12-23(36-21)18-9-6-10-20(13-18)30(33)34/h3-14,16H,2H2,1H3,(H,29,31)/b19-14+. The number of ether oxygens (including phenoxy) is 1. The molecule has 0 atom stereocenters. The zero-order valence-electron chi connectivity index (χ0n) is 19.5. The van der Waals surface area contributed by atoms with E-state index >= 15 is 0 Å². The highest BCUT2D eigenvalue weighted by atomic mass is 32.1. The number of carbonyl (C=O) groups excluding carboxylic acids is 2. The summed E-state index contributed by atoms with van der Waals surface area (Å²) in [7, 11) is 0. The summed E-state index contributed by atoms with van der Waals surface area (Å²) < 4.78 is 10.9. The molecule has 0 aliphatic rings. The van der Waals surface area contributed by atoms with Gasteiger partial charge in [0.1, 0.15) is 33.7 Å². The van der Waals surface area contributed by atoms with Crippen molar-refractivity contribution in [1.82, 2.24) is 0 Å². The first kappa shape index (κ1) is 25.1. The van der Waals surface area contributed by atoms with E-state index in [1.54, 1.807) is 30.5 Å². The van der Waals surface area contributed by atoms with Crippen LogP contribution in [0.5, 0.6) is 0 Å². The second kappa shape index (κ2) is 11.2. The number of nitro groups is 1. The minimum atomic E-state index is -0.734. The van der Waals surface area contributed by atoms with Crippen molar-refractivity contribution in [3.8, 4) is 28.5 Å². The normalized spacial score (nSPS) is 11.0. The number of esters is 1. The summed E-state index contributed by atoms with van der Waals surface area (Å²) in [5.74, 6) is -0.784. The Morgan fingerprint density at radius 1 is 1.14 bits per heavy atom. The van der Waals surface area contributed by atoms with Gasteiger partial charge in [0.2, 0.25) is 0 Å². The number of hydrogen-bond acceptors (Lipinski definition) is 8. The summed E-state index contributed by atoms with van der Waals surface area (Å²) in [6.45, 7) is 1.84. The second-order valence-electron chi connectivity index (χ2n) is 7.57. The van der Waals surface area contributed by atoms with Gasteiger partial charge < -0.3 is 14.5 Å². The highest BCUT2D eigenvalue weighted by Gasteiger charge is 2.24. The number of benzene rings is 2. The minimum Gasteiger partial charge on any atom is -0.462 e. The van der Waals surface area contributed by atoms with Gasteiger partial charge in [-0.1, -0.05) is 42.5 Å². The molecule has 0 fully saturated rings. The van der Waals surface area contributed by atoms with Crippen LogP contribution in [-0.2, 0) is 9.53 Å². The third kappa shape index (κ3) is 5.63. The van der Waals surface area contributed by atoms with Crippen LogP contribution in [0, 0.1) is 21.4 Å². The number of rotatable bonds is 8. The molecule has 10 heteroatoms. The molecular formula is C27H19N3O6S. The Kier molecular flexibility index (Phi) is 7.56. The summed E-state index contributed by atoms with van der Waals surface area (Å²) in [5.41, 5.74) is 1.71. The van der Waals surface area contributed by atoms with Crippen LogP contribution in [0.15, 0.2) is 82.1 Å². The van der Waals surface area contributed by atoms with Gasteiger partial charge >= 0.3 is 5.97 Å². The average molecular weight is 514 g/mol. The quantitative estimate of drug-likeness (QED) is 0.0959. The monoisotopic (exact) mass is 513 g/mol. The fourth-order valence-electron chi connectivity index (χ4n) is 3.51. The molecule has 1 N–H and O–H groups in total. The predicted molar refractivity (Wildman–Crippen MR) is 139 cm³/mol. The van der Waals surface area contributed by atoms with E-state index in [0.717, 1.165) is 16.9 Å². The van der Waals surface area contributed by atoms with Crippen LogP contribution in [0.4, 0.5) is 10.7 Å². The molecule has 37 heavy (non-hydrogen) atoms. The molecule has 0 saturated heterocycles. The third-order valence-electron chi connectivity index (χ3n) is 5.20. The lowest BCUT2D eigenvalue weighted by atomic mass is 10.0. The molecule has 4 rings (SSSR count). The zero-order valence-corrected chi connectivity index (χ0v) is 20.3. The Hall–Kier alpha value is -5.01. The van der Waals surface area contributed by atoms with Gasteiger partial charge in [0.15, 0.2) is 0 Å². The molecule has 2 heterocycles. The number of non-ortho nitro benzene ring substituents is 1. The smallest absolute Gasteiger partial charge is 0.341 e. The number of nitro benzene ring substituents is 1. The molecule has 0 unspecified atom stereocenters. The molecule has 184 valence electrons. The molecule has 0 aliphatic carbocycles. The Morgan fingerprint density at radius 3 is 2.59 bits per heavy atom. The van der Waals surface area contributed by atoms with E-state index in [2.05, 4.69) is 5.32 Å². The van der Waals surface area contributed by atoms with Gasteiger partial charge in [0, 0.05) is 34.7 Å². The first-order valence-corrected chi connectivity index (χ1v) is 11.9. The molecule has 9 nitrogen and oxygen atoms in total. The molecule has 2 aromatic carbocycles. The van der Waals surface area contributed by atoms with Gasteiger partial charge in [-0.25, -0.2) is 4.79 Å². The number of nitriles is 1. The number of thiophene rings is 1. The van der Waals surface area contributed by atoms with Crippen molar-refractivity contribution in [3.63, 3.8) is 0 Å². The van der Waals surface area contributed by atoms with Gasteiger partial charge in [-0.15, -0.1) is 11.3 Å². The molecule has 1 amide bonds. The Balaban J connectivity index is 1.61. The highest BCUT2D eigenvalue weighted by Crippen LogP contribution is 2.36. The zero-order chi connectivity index (χ0) is 26.4. The summed E-state index contributed by atoms with van der Waals surface area (Å²) in [4.78, 5) is 36.2. The summed E-state index contributed by atoms with van der Waals surface area (Å²) in [5, 5.41) is 25.3. The lowest BCUT2D eigenvalue weighted by Crippen LogP contribution is -2.16. The van der Waals surface area contributed by atoms with Gasteiger partial charge in [0.25, 0.3) is 11.6 Å². The predicted octanol–water partition coefficient (Wildman–Crippen LogP) is 6.31. The van der Waals surface area contributed by atoms with Crippen LogP contribution >= 0.6 is 11.3 Å². The van der Waals surface area contributed by atoms with E-state index in [-0.39, 0.29) is 34.2 Å². The largest absolute Gasteiger partial charge is 0.462 e. The van der Waals surface area contributed by atoms with E-state index in [9.17, 15) is 25.0 Å². The third-order valence-corrected chi connectivity index (χ3v) is 6.10.